The third-order valence-corrected chi connectivity index (χ3v) is 6.19. The van der Waals surface area contributed by atoms with Gasteiger partial charge in [-0.3, -0.25) is 4.79 Å². The molecule has 2 heterocycles. The summed E-state index contributed by atoms with van der Waals surface area (Å²) in [7, 11) is -3.84. The molecule has 0 aliphatic carbocycles. The summed E-state index contributed by atoms with van der Waals surface area (Å²) >= 11 is 0. The molecule has 2 N–H and O–H groups in total. The Morgan fingerprint density at radius 3 is 2.73 bits per heavy atom. The second-order valence-corrected chi connectivity index (χ2v) is 7.91. The number of para-hydroxylation sites is 1. The lowest BCUT2D eigenvalue weighted by molar-refractivity contribution is -0.137. The molecule has 0 amide bonds. The highest BCUT2D eigenvalue weighted by Gasteiger charge is 2.37. The van der Waals surface area contributed by atoms with E-state index in [-0.39, 0.29) is 11.4 Å². The van der Waals surface area contributed by atoms with Gasteiger partial charge >= 0.3 is 5.97 Å². The van der Waals surface area contributed by atoms with Gasteiger partial charge in [0.25, 0.3) is 0 Å². The van der Waals surface area contributed by atoms with Gasteiger partial charge in [0.2, 0.25) is 10.0 Å². The average Bonchev–Trinajstić information content (AvgIpc) is 2.99. The minimum Gasteiger partial charge on any atom is -0.480 e. The van der Waals surface area contributed by atoms with Crippen LogP contribution in [0.2, 0.25) is 0 Å². The molecule has 0 radical (unpaired) electrons. The molecular formula is C18H15FN2O4S. The minimum absolute atomic E-state index is 0.0861. The van der Waals surface area contributed by atoms with Crippen LogP contribution in [0.3, 0.4) is 0 Å². The molecule has 1 aliphatic heterocycles. The SMILES string of the molecule is Cc1c(C2NS(=O)(=O)c3cc(F)ccc32)c2ccccc2n1CC(=O)O. The van der Waals surface area contributed by atoms with Crippen molar-refractivity contribution in [3.05, 3.63) is 65.1 Å². The van der Waals surface area contributed by atoms with Crippen LogP contribution in [0, 0.1) is 12.7 Å². The lowest BCUT2D eigenvalue weighted by atomic mass is 9.97. The summed E-state index contributed by atoms with van der Waals surface area (Å²) in [6, 6.07) is 10.2. The number of nitrogens with zero attached hydrogens (tertiary/aromatic N) is 1. The summed E-state index contributed by atoms with van der Waals surface area (Å²) in [6.45, 7) is 1.52. The largest absolute Gasteiger partial charge is 0.480 e. The summed E-state index contributed by atoms with van der Waals surface area (Å²) in [5.41, 5.74) is 2.49. The van der Waals surface area contributed by atoms with Crippen LogP contribution in [0.1, 0.15) is 22.9 Å². The number of benzene rings is 2. The maximum absolute atomic E-state index is 13.6. The molecule has 6 nitrogen and oxygen atoms in total. The van der Waals surface area contributed by atoms with E-state index in [4.69, 9.17) is 0 Å². The van der Waals surface area contributed by atoms with Crippen molar-refractivity contribution in [3.8, 4) is 0 Å². The van der Waals surface area contributed by atoms with Crippen LogP contribution in [0.25, 0.3) is 10.9 Å². The van der Waals surface area contributed by atoms with Crippen molar-refractivity contribution in [2.24, 2.45) is 0 Å². The molecule has 0 bridgehead atoms. The van der Waals surface area contributed by atoms with Crippen molar-refractivity contribution in [2.75, 3.05) is 0 Å². The van der Waals surface area contributed by atoms with E-state index < -0.39 is 27.9 Å². The van der Waals surface area contributed by atoms with Gasteiger partial charge in [0.1, 0.15) is 12.4 Å². The molecule has 3 aromatic rings. The highest BCUT2D eigenvalue weighted by Crippen LogP contribution is 2.41. The Bertz CT molecular complexity index is 1170. The number of sulfonamides is 1. The summed E-state index contributed by atoms with van der Waals surface area (Å²) in [5.74, 6) is -1.62. The van der Waals surface area contributed by atoms with E-state index in [2.05, 4.69) is 4.72 Å². The highest BCUT2D eigenvalue weighted by molar-refractivity contribution is 7.89. The van der Waals surface area contributed by atoms with Crippen LogP contribution < -0.4 is 4.72 Å². The number of nitrogens with one attached hydrogen (secondary N) is 1. The Hall–Kier alpha value is -2.71. The van der Waals surface area contributed by atoms with Crippen LogP contribution in [-0.4, -0.2) is 24.1 Å². The number of carbonyl (C=O) groups is 1. The van der Waals surface area contributed by atoms with Crippen LogP contribution in [0.15, 0.2) is 47.4 Å². The number of aromatic nitrogens is 1. The van der Waals surface area contributed by atoms with Gasteiger partial charge in [-0.15, -0.1) is 0 Å². The molecule has 2 aromatic carbocycles. The normalized spacial score (nSPS) is 18.2. The van der Waals surface area contributed by atoms with Gasteiger partial charge < -0.3 is 9.67 Å². The maximum Gasteiger partial charge on any atom is 0.323 e. The van der Waals surface area contributed by atoms with Crippen molar-refractivity contribution >= 4 is 26.9 Å². The molecule has 8 heteroatoms. The molecule has 1 aromatic heterocycles. The predicted molar refractivity (Wildman–Crippen MR) is 92.9 cm³/mol. The number of carboxylic acid groups (broad SMARTS) is 1. The monoisotopic (exact) mass is 374 g/mol. The van der Waals surface area contributed by atoms with Gasteiger partial charge in [-0.2, -0.15) is 4.72 Å². The minimum atomic E-state index is -3.84. The predicted octanol–water partition coefficient (Wildman–Crippen LogP) is 2.55. The molecular weight excluding hydrogens is 359 g/mol. The van der Waals surface area contributed by atoms with Crippen molar-refractivity contribution in [2.45, 2.75) is 24.4 Å². The fraction of sp³-hybridized carbons (Fsp3) is 0.167. The van der Waals surface area contributed by atoms with E-state index >= 15 is 0 Å². The lowest BCUT2D eigenvalue weighted by Crippen LogP contribution is -2.21. The van der Waals surface area contributed by atoms with Gasteiger partial charge in [-0.05, 0) is 30.7 Å². The Labute approximate surface area is 148 Å². The second kappa shape index (κ2) is 5.65. The maximum atomic E-state index is 13.6. The first-order chi connectivity index (χ1) is 12.3. The Kier molecular flexibility index (Phi) is 3.64. The number of halogens is 1. The Balaban J connectivity index is 2.00. The average molecular weight is 374 g/mol. The molecule has 1 atom stereocenters. The second-order valence-electron chi connectivity index (χ2n) is 6.23. The third kappa shape index (κ3) is 2.41. The lowest BCUT2D eigenvalue weighted by Gasteiger charge is -2.12. The summed E-state index contributed by atoms with van der Waals surface area (Å²) in [5, 5.41) is 9.98. The van der Waals surface area contributed by atoms with Gasteiger partial charge in [0.15, 0.2) is 0 Å². The van der Waals surface area contributed by atoms with E-state index in [1.54, 1.807) is 23.6 Å². The summed E-state index contributed by atoms with van der Waals surface area (Å²) in [6.07, 6.45) is 0. The molecule has 0 fully saturated rings. The standard InChI is InChI=1S/C18H15FN2O4S/c1-10-17(12-4-2-3-5-14(12)21(10)9-16(22)23)18-13-7-6-11(19)8-15(13)26(24,25)20-18/h2-8,18,20H,9H2,1H3,(H,22,23). The number of hydrogen-bond acceptors (Lipinski definition) is 3. The molecule has 1 aliphatic rings. The molecule has 1 unspecified atom stereocenters. The first-order valence-electron chi connectivity index (χ1n) is 7.91. The van der Waals surface area contributed by atoms with Crippen molar-refractivity contribution in [1.82, 2.24) is 9.29 Å². The van der Waals surface area contributed by atoms with Gasteiger partial charge in [0, 0.05) is 22.2 Å². The number of carboxylic acids is 1. The van der Waals surface area contributed by atoms with Crippen LogP contribution in [0.5, 0.6) is 0 Å². The van der Waals surface area contributed by atoms with Gasteiger partial charge in [0.05, 0.1) is 10.9 Å². The Morgan fingerprint density at radius 1 is 1.27 bits per heavy atom. The zero-order valence-corrected chi connectivity index (χ0v) is 14.5. The van der Waals surface area contributed by atoms with Crippen LogP contribution in [-0.2, 0) is 21.4 Å². The zero-order valence-electron chi connectivity index (χ0n) is 13.7. The number of fused-ring (bicyclic) bond motifs is 2. The first kappa shape index (κ1) is 16.7. The van der Waals surface area contributed by atoms with E-state index in [1.807, 2.05) is 12.1 Å². The first-order valence-corrected chi connectivity index (χ1v) is 9.39. The molecule has 4 rings (SSSR count). The highest BCUT2D eigenvalue weighted by atomic mass is 32.2. The molecule has 0 spiro atoms. The van der Waals surface area contributed by atoms with Crippen LogP contribution in [0.4, 0.5) is 4.39 Å². The summed E-state index contributed by atoms with van der Waals surface area (Å²) < 4.78 is 42.7. The van der Waals surface area contributed by atoms with Crippen molar-refractivity contribution in [3.63, 3.8) is 0 Å². The Morgan fingerprint density at radius 2 is 2.00 bits per heavy atom. The third-order valence-electron chi connectivity index (χ3n) is 4.71. The zero-order chi connectivity index (χ0) is 18.6. The van der Waals surface area contributed by atoms with Gasteiger partial charge in [-0.1, -0.05) is 24.3 Å². The molecule has 0 saturated carbocycles. The molecule has 0 saturated heterocycles. The fourth-order valence-corrected chi connectivity index (χ4v) is 5.08. The quantitative estimate of drug-likeness (QED) is 0.737. The number of aliphatic carboxylic acids is 1. The topological polar surface area (TPSA) is 88.4 Å². The van der Waals surface area contributed by atoms with E-state index in [9.17, 15) is 22.7 Å². The van der Waals surface area contributed by atoms with E-state index in [0.717, 1.165) is 11.5 Å². The smallest absolute Gasteiger partial charge is 0.323 e. The molecule has 26 heavy (non-hydrogen) atoms. The van der Waals surface area contributed by atoms with Gasteiger partial charge in [-0.25, -0.2) is 12.8 Å². The fourth-order valence-electron chi connectivity index (χ4n) is 3.64. The summed E-state index contributed by atoms with van der Waals surface area (Å²) in [4.78, 5) is 11.2. The van der Waals surface area contributed by atoms with E-state index in [1.165, 1.54) is 12.1 Å². The number of rotatable bonds is 3. The van der Waals surface area contributed by atoms with E-state index in [0.29, 0.717) is 22.3 Å². The molecule has 134 valence electrons. The van der Waals surface area contributed by atoms with Crippen molar-refractivity contribution < 1.29 is 22.7 Å². The van der Waals surface area contributed by atoms with Crippen LogP contribution >= 0.6 is 0 Å². The number of hydrogen-bond donors (Lipinski definition) is 2. The van der Waals surface area contributed by atoms with Crippen molar-refractivity contribution in [1.29, 1.82) is 0 Å².